The third kappa shape index (κ3) is 3.34. The first-order valence-corrected chi connectivity index (χ1v) is 6.02. The van der Waals surface area contributed by atoms with Crippen LogP contribution in [-0.2, 0) is 6.54 Å². The Morgan fingerprint density at radius 3 is 2.80 bits per heavy atom. The molecule has 1 aromatic heterocycles. The smallest absolute Gasteiger partial charge is 0.0553 e. The van der Waals surface area contributed by atoms with E-state index in [2.05, 4.69) is 35.0 Å². The largest absolute Gasteiger partial charge is 0.312 e. The molecule has 0 bridgehead atoms. The van der Waals surface area contributed by atoms with Crippen LogP contribution in [0.5, 0.6) is 0 Å². The van der Waals surface area contributed by atoms with Gasteiger partial charge in [-0.05, 0) is 26.0 Å². The average Bonchev–Trinajstić information content (AvgIpc) is 2.68. The van der Waals surface area contributed by atoms with E-state index in [1.165, 1.54) is 25.0 Å². The fourth-order valence-corrected chi connectivity index (χ4v) is 1.89. The molecule has 1 aromatic rings. The zero-order valence-electron chi connectivity index (χ0n) is 10.2. The standard InChI is InChI=1S/C12H23N3/c1-4-6-7-11(13-3)12-8-9-14-15(12)10-5-2/h8-9,11,13H,4-7,10H2,1-3H3. The van der Waals surface area contributed by atoms with Crippen molar-refractivity contribution in [1.29, 1.82) is 0 Å². The van der Waals surface area contributed by atoms with Crippen molar-refractivity contribution in [1.82, 2.24) is 15.1 Å². The minimum Gasteiger partial charge on any atom is -0.312 e. The van der Waals surface area contributed by atoms with Crippen LogP contribution in [0.25, 0.3) is 0 Å². The number of rotatable bonds is 7. The predicted molar refractivity (Wildman–Crippen MR) is 63.8 cm³/mol. The minimum absolute atomic E-state index is 0.457. The lowest BCUT2D eigenvalue weighted by atomic mass is 10.1. The first-order valence-electron chi connectivity index (χ1n) is 6.02. The maximum atomic E-state index is 4.36. The van der Waals surface area contributed by atoms with Gasteiger partial charge < -0.3 is 5.32 Å². The molecule has 0 aliphatic heterocycles. The minimum atomic E-state index is 0.457. The fourth-order valence-electron chi connectivity index (χ4n) is 1.89. The van der Waals surface area contributed by atoms with E-state index < -0.39 is 0 Å². The molecular formula is C12H23N3. The Labute approximate surface area is 92.9 Å². The highest BCUT2D eigenvalue weighted by Gasteiger charge is 2.12. The highest BCUT2D eigenvalue weighted by molar-refractivity contribution is 5.06. The zero-order chi connectivity index (χ0) is 11.1. The number of hydrogen-bond acceptors (Lipinski definition) is 2. The monoisotopic (exact) mass is 209 g/mol. The van der Waals surface area contributed by atoms with Crippen LogP contribution < -0.4 is 5.32 Å². The molecule has 1 N–H and O–H groups in total. The molecule has 15 heavy (non-hydrogen) atoms. The summed E-state index contributed by atoms with van der Waals surface area (Å²) < 4.78 is 2.12. The third-order valence-electron chi connectivity index (χ3n) is 2.74. The molecule has 1 atom stereocenters. The zero-order valence-corrected chi connectivity index (χ0v) is 10.2. The Balaban J connectivity index is 2.67. The Morgan fingerprint density at radius 1 is 1.40 bits per heavy atom. The molecule has 0 aliphatic carbocycles. The molecule has 3 nitrogen and oxygen atoms in total. The molecule has 86 valence electrons. The Hall–Kier alpha value is -0.830. The SMILES string of the molecule is CCCCC(NC)c1ccnn1CCC. The normalized spacial score (nSPS) is 13.0. The number of nitrogens with one attached hydrogen (secondary N) is 1. The molecule has 0 radical (unpaired) electrons. The van der Waals surface area contributed by atoms with Gasteiger partial charge in [0.2, 0.25) is 0 Å². The molecule has 0 saturated carbocycles. The van der Waals surface area contributed by atoms with Crippen LogP contribution in [0.4, 0.5) is 0 Å². The number of hydrogen-bond donors (Lipinski definition) is 1. The van der Waals surface area contributed by atoms with Crippen molar-refractivity contribution in [3.63, 3.8) is 0 Å². The molecule has 0 aromatic carbocycles. The summed E-state index contributed by atoms with van der Waals surface area (Å²) in [5.41, 5.74) is 1.33. The molecule has 0 fully saturated rings. The van der Waals surface area contributed by atoms with Crippen LogP contribution in [0.15, 0.2) is 12.3 Å². The third-order valence-corrected chi connectivity index (χ3v) is 2.74. The van der Waals surface area contributed by atoms with Crippen molar-refractivity contribution in [3.05, 3.63) is 18.0 Å². The molecular weight excluding hydrogens is 186 g/mol. The predicted octanol–water partition coefficient (Wildman–Crippen LogP) is 2.74. The summed E-state index contributed by atoms with van der Waals surface area (Å²) in [5.74, 6) is 0. The van der Waals surface area contributed by atoms with Gasteiger partial charge in [0.05, 0.1) is 5.69 Å². The second-order valence-corrected chi connectivity index (χ2v) is 3.96. The van der Waals surface area contributed by atoms with Crippen LogP contribution in [0, 0.1) is 0 Å². The molecule has 1 rings (SSSR count). The highest BCUT2D eigenvalue weighted by Crippen LogP contribution is 2.18. The van der Waals surface area contributed by atoms with E-state index >= 15 is 0 Å². The lowest BCUT2D eigenvalue weighted by Gasteiger charge is -2.17. The van der Waals surface area contributed by atoms with Gasteiger partial charge in [-0.25, -0.2) is 0 Å². The molecule has 0 spiro atoms. The number of aryl methyl sites for hydroxylation is 1. The number of unbranched alkanes of at least 4 members (excludes halogenated alkanes) is 1. The Morgan fingerprint density at radius 2 is 2.20 bits per heavy atom. The first-order chi connectivity index (χ1) is 7.33. The molecule has 3 heteroatoms. The van der Waals surface area contributed by atoms with E-state index in [4.69, 9.17) is 0 Å². The van der Waals surface area contributed by atoms with Gasteiger partial charge in [0.15, 0.2) is 0 Å². The van der Waals surface area contributed by atoms with Crippen molar-refractivity contribution in [2.24, 2.45) is 0 Å². The maximum absolute atomic E-state index is 4.36. The fraction of sp³-hybridized carbons (Fsp3) is 0.750. The summed E-state index contributed by atoms with van der Waals surface area (Å²) in [6.45, 7) is 5.44. The van der Waals surface area contributed by atoms with E-state index in [9.17, 15) is 0 Å². The van der Waals surface area contributed by atoms with Crippen molar-refractivity contribution in [3.8, 4) is 0 Å². The quantitative estimate of drug-likeness (QED) is 0.748. The second-order valence-electron chi connectivity index (χ2n) is 3.96. The molecule has 1 unspecified atom stereocenters. The van der Waals surface area contributed by atoms with Gasteiger partial charge in [-0.3, -0.25) is 4.68 Å². The van der Waals surface area contributed by atoms with E-state index in [1.807, 2.05) is 13.2 Å². The van der Waals surface area contributed by atoms with Crippen LogP contribution in [0.1, 0.15) is 51.3 Å². The molecule has 1 heterocycles. The van der Waals surface area contributed by atoms with Gasteiger partial charge in [-0.1, -0.05) is 26.7 Å². The summed E-state index contributed by atoms with van der Waals surface area (Å²) in [5, 5.41) is 7.74. The van der Waals surface area contributed by atoms with Gasteiger partial charge in [0.1, 0.15) is 0 Å². The average molecular weight is 209 g/mol. The van der Waals surface area contributed by atoms with Gasteiger partial charge in [-0.2, -0.15) is 5.10 Å². The van der Waals surface area contributed by atoms with Gasteiger partial charge >= 0.3 is 0 Å². The van der Waals surface area contributed by atoms with E-state index in [-0.39, 0.29) is 0 Å². The van der Waals surface area contributed by atoms with E-state index in [0.717, 1.165) is 13.0 Å². The van der Waals surface area contributed by atoms with E-state index in [0.29, 0.717) is 6.04 Å². The lowest BCUT2D eigenvalue weighted by molar-refractivity contribution is 0.464. The first kappa shape index (κ1) is 12.2. The lowest BCUT2D eigenvalue weighted by Crippen LogP contribution is -2.20. The Bertz CT molecular complexity index is 268. The molecule has 0 saturated heterocycles. The van der Waals surface area contributed by atoms with Gasteiger partial charge in [-0.15, -0.1) is 0 Å². The van der Waals surface area contributed by atoms with Gasteiger partial charge in [0, 0.05) is 18.8 Å². The number of aromatic nitrogens is 2. The van der Waals surface area contributed by atoms with Crippen molar-refractivity contribution in [2.45, 2.75) is 52.1 Å². The van der Waals surface area contributed by atoms with Crippen LogP contribution in [0.2, 0.25) is 0 Å². The van der Waals surface area contributed by atoms with E-state index in [1.54, 1.807) is 0 Å². The van der Waals surface area contributed by atoms with Crippen molar-refractivity contribution < 1.29 is 0 Å². The molecule has 0 amide bonds. The topological polar surface area (TPSA) is 29.9 Å². The van der Waals surface area contributed by atoms with Crippen LogP contribution in [-0.4, -0.2) is 16.8 Å². The van der Waals surface area contributed by atoms with Gasteiger partial charge in [0.25, 0.3) is 0 Å². The Kier molecular flexibility index (Phi) is 5.40. The summed E-state index contributed by atoms with van der Waals surface area (Å²) in [7, 11) is 2.03. The van der Waals surface area contributed by atoms with Crippen LogP contribution >= 0.6 is 0 Å². The second kappa shape index (κ2) is 6.62. The van der Waals surface area contributed by atoms with Crippen molar-refractivity contribution in [2.75, 3.05) is 7.05 Å². The summed E-state index contributed by atoms with van der Waals surface area (Å²) in [4.78, 5) is 0. The van der Waals surface area contributed by atoms with Crippen LogP contribution in [0.3, 0.4) is 0 Å². The number of nitrogens with zero attached hydrogens (tertiary/aromatic N) is 2. The highest BCUT2D eigenvalue weighted by atomic mass is 15.3. The summed E-state index contributed by atoms with van der Waals surface area (Å²) >= 11 is 0. The summed E-state index contributed by atoms with van der Waals surface area (Å²) in [6.07, 6.45) is 6.76. The summed E-state index contributed by atoms with van der Waals surface area (Å²) in [6, 6.07) is 2.59. The van der Waals surface area contributed by atoms with Crippen molar-refractivity contribution >= 4 is 0 Å². The maximum Gasteiger partial charge on any atom is 0.0553 e. The molecule has 0 aliphatic rings.